The highest BCUT2D eigenvalue weighted by Crippen LogP contribution is 2.16. The number of hydrogen-bond acceptors (Lipinski definition) is 3. The summed E-state index contributed by atoms with van der Waals surface area (Å²) in [6, 6.07) is 6.73. The Morgan fingerprint density at radius 1 is 1.50 bits per heavy atom. The van der Waals surface area contributed by atoms with Gasteiger partial charge in [-0.15, -0.1) is 0 Å². The SMILES string of the molecule is COc1ccccc1C(=O)C=NN=[N-]. The maximum absolute atomic E-state index is 11.4. The van der Waals surface area contributed by atoms with E-state index in [1.165, 1.54) is 7.11 Å². The van der Waals surface area contributed by atoms with E-state index < -0.39 is 0 Å². The Hall–Kier alpha value is -2.04. The topological polar surface area (TPSA) is 73.3 Å². The van der Waals surface area contributed by atoms with Crippen molar-refractivity contribution in [3.8, 4) is 5.75 Å². The Morgan fingerprint density at radius 2 is 2.21 bits per heavy atom. The average Bonchev–Trinajstić information content (AvgIpc) is 2.25. The molecule has 0 bridgehead atoms. The van der Waals surface area contributed by atoms with Crippen molar-refractivity contribution in [2.75, 3.05) is 7.11 Å². The minimum atomic E-state index is -0.375. The Balaban J connectivity index is 2.99. The van der Waals surface area contributed by atoms with Gasteiger partial charge in [-0.25, -0.2) is 0 Å². The zero-order valence-corrected chi connectivity index (χ0v) is 7.54. The van der Waals surface area contributed by atoms with Gasteiger partial charge in [-0.3, -0.25) is 10.0 Å². The van der Waals surface area contributed by atoms with Crippen molar-refractivity contribution in [1.82, 2.24) is 0 Å². The van der Waals surface area contributed by atoms with Crippen molar-refractivity contribution in [2.45, 2.75) is 0 Å². The van der Waals surface area contributed by atoms with Crippen LogP contribution in [-0.2, 0) is 0 Å². The number of para-hydroxylation sites is 1. The minimum absolute atomic E-state index is 0.375. The summed E-state index contributed by atoms with van der Waals surface area (Å²) in [4.78, 5) is 11.4. The number of methoxy groups -OCH3 is 1. The summed E-state index contributed by atoms with van der Waals surface area (Å²) in [6.07, 6.45) is 0.915. The van der Waals surface area contributed by atoms with E-state index in [4.69, 9.17) is 10.3 Å². The molecule has 0 fully saturated rings. The highest BCUT2D eigenvalue weighted by atomic mass is 16.5. The molecular formula is C9H8N3O2-. The molecule has 1 aromatic rings. The molecule has 1 aromatic carbocycles. The lowest BCUT2D eigenvalue weighted by atomic mass is 10.1. The quantitative estimate of drug-likeness (QED) is 0.314. The molecule has 14 heavy (non-hydrogen) atoms. The normalized spacial score (nSPS) is 10.1. The summed E-state index contributed by atoms with van der Waals surface area (Å²) in [5.74, 6) is 0.0853. The molecule has 0 atom stereocenters. The van der Waals surface area contributed by atoms with Gasteiger partial charge in [0.1, 0.15) is 5.75 Å². The zero-order chi connectivity index (χ0) is 10.4. The number of benzene rings is 1. The average molecular weight is 190 g/mol. The van der Waals surface area contributed by atoms with E-state index in [0.29, 0.717) is 11.3 Å². The Labute approximate surface area is 80.9 Å². The summed E-state index contributed by atoms with van der Waals surface area (Å²) in [7, 11) is 1.47. The summed E-state index contributed by atoms with van der Waals surface area (Å²) >= 11 is 0. The molecule has 72 valence electrons. The lowest BCUT2D eigenvalue weighted by Gasteiger charge is -2.04. The first kappa shape index (κ1) is 10.0. The van der Waals surface area contributed by atoms with Gasteiger partial charge >= 0.3 is 0 Å². The van der Waals surface area contributed by atoms with Crippen LogP contribution in [0.15, 0.2) is 34.6 Å². The second kappa shape index (κ2) is 4.86. The number of carbonyl (C=O) groups is 1. The second-order valence-electron chi connectivity index (χ2n) is 2.40. The molecule has 0 saturated heterocycles. The summed E-state index contributed by atoms with van der Waals surface area (Å²) in [6.45, 7) is 0. The van der Waals surface area contributed by atoms with Crippen LogP contribution in [0.1, 0.15) is 10.4 Å². The van der Waals surface area contributed by atoms with Crippen LogP contribution in [0.5, 0.6) is 5.75 Å². The number of rotatable bonds is 4. The number of Topliss-reactive ketones (excluding diaryl/α,β-unsaturated/α-hetero) is 1. The molecule has 0 aliphatic rings. The molecule has 0 amide bonds. The molecule has 0 unspecified atom stereocenters. The van der Waals surface area contributed by atoms with Crippen LogP contribution in [0.4, 0.5) is 0 Å². The molecule has 0 aromatic heterocycles. The van der Waals surface area contributed by atoms with Crippen LogP contribution in [0.3, 0.4) is 0 Å². The predicted molar refractivity (Wildman–Crippen MR) is 51.6 cm³/mol. The van der Waals surface area contributed by atoms with Crippen molar-refractivity contribution in [2.24, 2.45) is 10.3 Å². The summed E-state index contributed by atoms with van der Waals surface area (Å²) in [5, 5.41) is 5.54. The van der Waals surface area contributed by atoms with Crippen LogP contribution in [-0.4, -0.2) is 19.1 Å². The van der Waals surface area contributed by atoms with Crippen LogP contribution in [0, 0.1) is 0 Å². The smallest absolute Gasteiger partial charge is 0.186 e. The van der Waals surface area contributed by atoms with Gasteiger partial charge in [0.2, 0.25) is 0 Å². The van der Waals surface area contributed by atoms with Gasteiger partial charge < -0.3 is 15.4 Å². The third kappa shape index (κ3) is 2.22. The van der Waals surface area contributed by atoms with E-state index >= 15 is 0 Å². The number of nitrogens with zero attached hydrogens (tertiary/aromatic N) is 3. The van der Waals surface area contributed by atoms with Crippen molar-refractivity contribution in [1.29, 1.82) is 0 Å². The summed E-state index contributed by atoms with van der Waals surface area (Å²) < 4.78 is 4.97. The third-order valence-electron chi connectivity index (χ3n) is 1.60. The first-order valence-electron chi connectivity index (χ1n) is 3.84. The molecule has 0 aliphatic carbocycles. The maximum Gasteiger partial charge on any atom is 0.186 e. The highest BCUT2D eigenvalue weighted by Gasteiger charge is 2.06. The van der Waals surface area contributed by atoms with Crippen molar-refractivity contribution in [3.05, 3.63) is 35.4 Å². The zero-order valence-electron chi connectivity index (χ0n) is 7.54. The van der Waals surface area contributed by atoms with Gasteiger partial charge in [0.15, 0.2) is 5.78 Å². The van der Waals surface area contributed by atoms with Crippen LogP contribution in [0.2, 0.25) is 0 Å². The number of carbonyl (C=O) groups excluding carboxylic acids is 1. The number of ether oxygens (including phenoxy) is 1. The molecule has 0 N–H and O–H groups in total. The molecular weight excluding hydrogens is 182 g/mol. The predicted octanol–water partition coefficient (Wildman–Crippen LogP) is 1.89. The van der Waals surface area contributed by atoms with E-state index in [2.05, 4.69) is 10.3 Å². The molecule has 0 aliphatic heterocycles. The van der Waals surface area contributed by atoms with Crippen molar-refractivity contribution >= 4 is 12.0 Å². The first-order chi connectivity index (χ1) is 6.79. The Kier molecular flexibility index (Phi) is 3.49. The van der Waals surface area contributed by atoms with Crippen molar-refractivity contribution in [3.63, 3.8) is 0 Å². The molecule has 0 spiro atoms. The fraction of sp³-hybridized carbons (Fsp3) is 0.111. The number of ketones is 1. The van der Waals surface area contributed by atoms with Crippen molar-refractivity contribution < 1.29 is 9.53 Å². The fourth-order valence-corrected chi connectivity index (χ4v) is 0.996. The van der Waals surface area contributed by atoms with Gasteiger partial charge in [0.05, 0.1) is 12.7 Å². The van der Waals surface area contributed by atoms with Crippen LogP contribution < -0.4 is 4.74 Å². The highest BCUT2D eigenvalue weighted by molar-refractivity contribution is 6.36. The lowest BCUT2D eigenvalue weighted by molar-refractivity contribution is 0.106. The standard InChI is InChI=1S/C9H8N3O2/c1-14-9-5-3-2-4-7(9)8(13)6-11-12-10/h2-6H,1H3/q-1. The Bertz CT molecular complexity index is 374. The van der Waals surface area contributed by atoms with E-state index in [1.54, 1.807) is 24.3 Å². The van der Waals surface area contributed by atoms with Crippen LogP contribution in [0.25, 0.3) is 5.53 Å². The molecule has 0 saturated carbocycles. The second-order valence-corrected chi connectivity index (χ2v) is 2.40. The Morgan fingerprint density at radius 3 is 2.86 bits per heavy atom. The molecule has 0 radical (unpaired) electrons. The number of hydrogen-bond donors (Lipinski definition) is 0. The van der Waals surface area contributed by atoms with E-state index in [-0.39, 0.29) is 5.78 Å². The van der Waals surface area contributed by atoms with E-state index in [1.807, 2.05) is 0 Å². The van der Waals surface area contributed by atoms with Crippen LogP contribution >= 0.6 is 0 Å². The van der Waals surface area contributed by atoms with E-state index in [9.17, 15) is 4.79 Å². The molecule has 0 heterocycles. The van der Waals surface area contributed by atoms with E-state index in [0.717, 1.165) is 6.21 Å². The van der Waals surface area contributed by atoms with Gasteiger partial charge in [-0.2, -0.15) is 0 Å². The lowest BCUT2D eigenvalue weighted by Crippen LogP contribution is -2.02. The molecule has 5 heteroatoms. The first-order valence-corrected chi connectivity index (χ1v) is 3.84. The monoisotopic (exact) mass is 190 g/mol. The van der Waals surface area contributed by atoms with Gasteiger partial charge in [0.25, 0.3) is 0 Å². The fourth-order valence-electron chi connectivity index (χ4n) is 0.996. The largest absolute Gasteiger partial charge is 0.496 e. The van der Waals surface area contributed by atoms with Gasteiger partial charge in [-0.05, 0) is 18.3 Å². The van der Waals surface area contributed by atoms with Gasteiger partial charge in [-0.1, -0.05) is 12.1 Å². The minimum Gasteiger partial charge on any atom is -0.496 e. The maximum atomic E-state index is 11.4. The summed E-state index contributed by atoms with van der Waals surface area (Å²) in [5.41, 5.74) is 8.41. The van der Waals surface area contributed by atoms with Gasteiger partial charge in [0, 0.05) is 0 Å². The molecule has 5 nitrogen and oxygen atoms in total. The molecule has 1 rings (SSSR count). The third-order valence-corrected chi connectivity index (χ3v) is 1.60.